The summed E-state index contributed by atoms with van der Waals surface area (Å²) in [6.45, 7) is 0. The zero-order valence-corrected chi connectivity index (χ0v) is 10.2. The molecule has 2 N–H and O–H groups in total. The Morgan fingerprint density at radius 3 is 3.00 bits per heavy atom. The van der Waals surface area contributed by atoms with Crippen LogP contribution in [0, 0.1) is 0 Å². The second kappa shape index (κ2) is 4.05. The maximum Gasteiger partial charge on any atom is 0.0935 e. The van der Waals surface area contributed by atoms with Gasteiger partial charge in [-0.1, -0.05) is 0 Å². The van der Waals surface area contributed by atoms with Crippen LogP contribution in [-0.2, 0) is 6.42 Å². The number of hydrogen-bond acceptors (Lipinski definition) is 4. The van der Waals surface area contributed by atoms with Crippen molar-refractivity contribution < 1.29 is 4.42 Å². The summed E-state index contributed by atoms with van der Waals surface area (Å²) in [6.07, 6.45) is 4.29. The first-order valence-corrected chi connectivity index (χ1v) is 6.76. The molecule has 4 heteroatoms. The number of thiophene rings is 2. The predicted octanol–water partition coefficient (Wildman–Crippen LogP) is 3.80. The van der Waals surface area contributed by atoms with Gasteiger partial charge in [0.05, 0.1) is 12.5 Å². The summed E-state index contributed by atoms with van der Waals surface area (Å²) < 4.78 is 7.72. The largest absolute Gasteiger partial charge is 0.472 e. The summed E-state index contributed by atoms with van der Waals surface area (Å²) in [7, 11) is 0. The van der Waals surface area contributed by atoms with Gasteiger partial charge in [-0.15, -0.1) is 22.7 Å². The van der Waals surface area contributed by atoms with Crippen LogP contribution in [0.15, 0.2) is 40.5 Å². The molecular weight excluding hydrogens is 238 g/mol. The molecule has 0 radical (unpaired) electrons. The van der Waals surface area contributed by atoms with Crippen LogP contribution in [0.1, 0.15) is 16.5 Å². The second-order valence-electron chi connectivity index (χ2n) is 3.74. The molecule has 0 bridgehead atoms. The number of rotatable bonds is 3. The van der Waals surface area contributed by atoms with Crippen molar-refractivity contribution in [2.45, 2.75) is 12.5 Å². The van der Waals surface area contributed by atoms with E-state index >= 15 is 0 Å². The van der Waals surface area contributed by atoms with E-state index in [2.05, 4.69) is 17.5 Å². The minimum absolute atomic E-state index is 0.0715. The van der Waals surface area contributed by atoms with Gasteiger partial charge in [0.15, 0.2) is 0 Å². The fraction of sp³-hybridized carbons (Fsp3) is 0.167. The lowest BCUT2D eigenvalue weighted by Gasteiger charge is -2.06. The Kier molecular flexibility index (Phi) is 2.55. The molecule has 82 valence electrons. The Labute approximate surface area is 101 Å². The lowest BCUT2D eigenvalue weighted by Crippen LogP contribution is -2.11. The monoisotopic (exact) mass is 249 g/mol. The van der Waals surface area contributed by atoms with Gasteiger partial charge in [0.25, 0.3) is 0 Å². The molecule has 0 aliphatic rings. The number of furan rings is 1. The van der Waals surface area contributed by atoms with E-state index in [1.807, 2.05) is 6.07 Å². The molecule has 0 fully saturated rings. The molecular formula is C12H11NOS2. The summed E-state index contributed by atoms with van der Waals surface area (Å²) in [4.78, 5) is 1.25. The summed E-state index contributed by atoms with van der Waals surface area (Å²) in [5.74, 6) is 0. The molecule has 0 saturated carbocycles. The van der Waals surface area contributed by atoms with E-state index in [1.165, 1.54) is 14.3 Å². The van der Waals surface area contributed by atoms with E-state index < -0.39 is 0 Å². The average molecular weight is 249 g/mol. The molecule has 16 heavy (non-hydrogen) atoms. The highest BCUT2D eigenvalue weighted by Crippen LogP contribution is 2.33. The van der Waals surface area contributed by atoms with Gasteiger partial charge >= 0.3 is 0 Å². The van der Waals surface area contributed by atoms with Crippen molar-refractivity contribution in [1.82, 2.24) is 0 Å². The first-order chi connectivity index (χ1) is 7.83. The minimum Gasteiger partial charge on any atom is -0.472 e. The van der Waals surface area contributed by atoms with Crippen molar-refractivity contribution in [2.24, 2.45) is 5.73 Å². The van der Waals surface area contributed by atoms with Gasteiger partial charge in [-0.05, 0) is 35.6 Å². The van der Waals surface area contributed by atoms with Crippen LogP contribution < -0.4 is 5.73 Å². The summed E-state index contributed by atoms with van der Waals surface area (Å²) in [5.41, 5.74) is 7.34. The smallest absolute Gasteiger partial charge is 0.0935 e. The van der Waals surface area contributed by atoms with Gasteiger partial charge in [-0.3, -0.25) is 0 Å². The third-order valence-corrected chi connectivity index (χ3v) is 4.78. The highest BCUT2D eigenvalue weighted by atomic mass is 32.1. The standard InChI is InChI=1S/C12H11NOS2/c13-9(5-8-1-3-14-7-8)11-6-12-10(16-11)2-4-15-12/h1-4,6-7,9H,5,13H2. The Hall–Kier alpha value is -1.10. The van der Waals surface area contributed by atoms with Crippen molar-refractivity contribution in [1.29, 1.82) is 0 Å². The van der Waals surface area contributed by atoms with Crippen molar-refractivity contribution in [3.05, 3.63) is 46.5 Å². The van der Waals surface area contributed by atoms with Crippen LogP contribution in [0.2, 0.25) is 0 Å². The Bertz CT molecular complexity index is 550. The third kappa shape index (κ3) is 1.80. The molecule has 0 spiro atoms. The minimum atomic E-state index is 0.0715. The van der Waals surface area contributed by atoms with Crippen LogP contribution in [0.5, 0.6) is 0 Å². The highest BCUT2D eigenvalue weighted by molar-refractivity contribution is 7.26. The summed E-state index contributed by atoms with van der Waals surface area (Å²) in [5, 5.41) is 2.12. The van der Waals surface area contributed by atoms with Gasteiger partial charge < -0.3 is 10.2 Å². The van der Waals surface area contributed by atoms with E-state index in [4.69, 9.17) is 10.2 Å². The molecule has 0 amide bonds. The van der Waals surface area contributed by atoms with Gasteiger partial charge in [0, 0.05) is 20.3 Å². The highest BCUT2D eigenvalue weighted by Gasteiger charge is 2.12. The van der Waals surface area contributed by atoms with Crippen LogP contribution in [0.4, 0.5) is 0 Å². The van der Waals surface area contributed by atoms with E-state index in [1.54, 1.807) is 35.2 Å². The molecule has 3 aromatic rings. The quantitative estimate of drug-likeness (QED) is 0.767. The number of fused-ring (bicyclic) bond motifs is 1. The van der Waals surface area contributed by atoms with Crippen LogP contribution in [0.25, 0.3) is 9.40 Å². The van der Waals surface area contributed by atoms with Crippen LogP contribution >= 0.6 is 22.7 Å². The van der Waals surface area contributed by atoms with E-state index in [9.17, 15) is 0 Å². The molecule has 3 heterocycles. The fourth-order valence-electron chi connectivity index (χ4n) is 1.73. The molecule has 3 rings (SSSR count). The topological polar surface area (TPSA) is 39.2 Å². The second-order valence-corrected chi connectivity index (χ2v) is 5.80. The molecule has 0 saturated heterocycles. The average Bonchev–Trinajstić information content (AvgIpc) is 2.91. The normalized spacial score (nSPS) is 13.3. The number of nitrogens with two attached hydrogens (primary N) is 1. The predicted molar refractivity (Wildman–Crippen MR) is 69.0 cm³/mol. The summed E-state index contributed by atoms with van der Waals surface area (Å²) >= 11 is 3.56. The molecule has 2 nitrogen and oxygen atoms in total. The Morgan fingerprint density at radius 1 is 1.31 bits per heavy atom. The lowest BCUT2D eigenvalue weighted by atomic mass is 10.1. The van der Waals surface area contributed by atoms with Gasteiger partial charge in [-0.2, -0.15) is 0 Å². The molecule has 1 atom stereocenters. The molecule has 3 aromatic heterocycles. The Balaban J connectivity index is 1.84. The first-order valence-electron chi connectivity index (χ1n) is 5.06. The molecule has 1 unspecified atom stereocenters. The number of hydrogen-bond donors (Lipinski definition) is 1. The van der Waals surface area contributed by atoms with Crippen molar-refractivity contribution in [3.8, 4) is 0 Å². The third-order valence-electron chi connectivity index (χ3n) is 2.56. The maximum atomic E-state index is 6.18. The van der Waals surface area contributed by atoms with Crippen LogP contribution in [-0.4, -0.2) is 0 Å². The fourth-order valence-corrected chi connectivity index (χ4v) is 3.85. The van der Waals surface area contributed by atoms with Gasteiger partial charge in [0.2, 0.25) is 0 Å². The van der Waals surface area contributed by atoms with Gasteiger partial charge in [0.1, 0.15) is 0 Å². The zero-order chi connectivity index (χ0) is 11.0. The lowest BCUT2D eigenvalue weighted by molar-refractivity contribution is 0.561. The van der Waals surface area contributed by atoms with E-state index in [0.29, 0.717) is 0 Å². The van der Waals surface area contributed by atoms with Gasteiger partial charge in [-0.25, -0.2) is 0 Å². The summed E-state index contributed by atoms with van der Waals surface area (Å²) in [6, 6.07) is 6.39. The van der Waals surface area contributed by atoms with E-state index in [0.717, 1.165) is 12.0 Å². The van der Waals surface area contributed by atoms with Crippen molar-refractivity contribution in [3.63, 3.8) is 0 Å². The molecule has 0 aromatic carbocycles. The van der Waals surface area contributed by atoms with Crippen molar-refractivity contribution in [2.75, 3.05) is 0 Å². The Morgan fingerprint density at radius 2 is 2.25 bits per heavy atom. The van der Waals surface area contributed by atoms with E-state index in [-0.39, 0.29) is 6.04 Å². The molecule has 0 aliphatic heterocycles. The maximum absolute atomic E-state index is 6.18. The van der Waals surface area contributed by atoms with Crippen LogP contribution in [0.3, 0.4) is 0 Å². The van der Waals surface area contributed by atoms with Crippen molar-refractivity contribution >= 4 is 32.1 Å². The zero-order valence-electron chi connectivity index (χ0n) is 8.55. The SMILES string of the molecule is NC(Cc1ccoc1)c1cc2sccc2s1. The first kappa shape index (κ1) is 10.1. The molecule has 0 aliphatic carbocycles.